The van der Waals surface area contributed by atoms with E-state index in [4.69, 9.17) is 0 Å². The van der Waals surface area contributed by atoms with Crippen LogP contribution >= 0.6 is 0 Å². The van der Waals surface area contributed by atoms with Gasteiger partial charge in [-0.25, -0.2) is 0 Å². The van der Waals surface area contributed by atoms with Crippen molar-refractivity contribution in [3.05, 3.63) is 0 Å². The Labute approximate surface area is 112 Å². The van der Waals surface area contributed by atoms with Crippen LogP contribution in [-0.4, -0.2) is 39.3 Å². The smallest absolute Gasteiger partial charge is 0.187 e. The first-order valence-corrected chi connectivity index (χ1v) is 0. The maximum Gasteiger partial charge on any atom is 0.187 e. The minimum Gasteiger partial charge on any atom is -0.412 e. The van der Waals surface area contributed by atoms with E-state index in [1.165, 1.54) is 0 Å². The maximum atomic E-state index is 0. The van der Waals surface area contributed by atoms with Gasteiger partial charge in [0.2, 0.25) is 0 Å². The van der Waals surface area contributed by atoms with Crippen LogP contribution in [-0.2, 0) is 74.5 Å². The Kier molecular flexibility index (Phi) is 2790. The van der Waals surface area contributed by atoms with Crippen molar-refractivity contribution in [1.29, 1.82) is 0 Å². The zero-order chi connectivity index (χ0) is 0. The molecule has 0 heterocycles. The summed E-state index contributed by atoms with van der Waals surface area (Å²) in [5, 5.41) is 0. The van der Waals surface area contributed by atoms with Crippen LogP contribution in [0, 0.1) is 0 Å². The van der Waals surface area contributed by atoms with Crippen molar-refractivity contribution < 1.29 is 96.4 Å². The summed E-state index contributed by atoms with van der Waals surface area (Å²) in [5.41, 5.74) is 0. The van der Waals surface area contributed by atoms with Crippen LogP contribution in [0.25, 0.3) is 0 Å². The average Bonchev–Trinajstić information content (AvgIpc) is 0. The minimum absolute atomic E-state index is 0. The van der Waals surface area contributed by atoms with Gasteiger partial charge in [0.05, 0.1) is 0 Å². The molecular formula is H11AlCoNiO4TiZn. The van der Waals surface area contributed by atoms with E-state index in [0.717, 1.165) is 0 Å². The molecule has 0 atom stereocenters. The molecule has 0 aliphatic carbocycles. The Morgan fingerprint density at radius 2 is 0.667 bits per heavy atom. The molecule has 0 unspecified atom stereocenters. The van der Waals surface area contributed by atoms with Crippen LogP contribution in [0.15, 0.2) is 0 Å². The number of hydrogen-bond acceptors (Lipinski definition) is 0. The molecule has 0 amide bonds. The first-order chi connectivity index (χ1) is 0. The molecule has 0 saturated carbocycles. The van der Waals surface area contributed by atoms with Crippen LogP contribution in [0.2, 0.25) is 0 Å². The van der Waals surface area contributed by atoms with Gasteiger partial charge in [-0.3, -0.25) is 0 Å². The van der Waals surface area contributed by atoms with Crippen LogP contribution in [0.3, 0.4) is 0 Å². The second-order valence-corrected chi connectivity index (χ2v) is 0. The van der Waals surface area contributed by atoms with Crippen molar-refractivity contribution in [2.75, 3.05) is 0 Å². The van der Waals surface area contributed by atoms with Crippen molar-refractivity contribution in [3.63, 3.8) is 0 Å². The second kappa shape index (κ2) is 137. The molecule has 0 aromatic carbocycles. The van der Waals surface area contributed by atoms with Crippen molar-refractivity contribution in [2.24, 2.45) is 0 Å². The van der Waals surface area contributed by atoms with Gasteiger partial charge in [-0.15, -0.1) is 0 Å². The molecule has 0 fully saturated rings. The van der Waals surface area contributed by atoms with E-state index in [-0.39, 0.29) is 114 Å². The Bertz CT molecular complexity index is 20.5. The van der Waals surface area contributed by atoms with Crippen LogP contribution in [0.5, 0.6) is 0 Å². The Hall–Kier alpha value is 2.71. The van der Waals surface area contributed by atoms with Gasteiger partial charge in [0.15, 0.2) is 17.4 Å². The zero-order valence-electron chi connectivity index (χ0n) is 3.86. The average molecular weight is 333 g/mol. The monoisotopic (exact) mass is 331 g/mol. The Morgan fingerprint density at radius 3 is 0.667 bits per heavy atom. The third-order valence-electron chi connectivity index (χ3n) is 0. The third kappa shape index (κ3) is 111. The predicted octanol–water partition coefficient (Wildman–Crippen LogP) is -4.49. The Morgan fingerprint density at radius 1 is 0.667 bits per heavy atom. The molecule has 0 aliphatic heterocycles. The van der Waals surface area contributed by atoms with Gasteiger partial charge in [0, 0.05) is 74.5 Å². The number of hydrogen-bond donors (Lipinski definition) is 0. The van der Waals surface area contributed by atoms with E-state index in [0.29, 0.717) is 0 Å². The zero-order valence-corrected chi connectivity index (χ0v) is 10.4. The molecule has 0 spiro atoms. The molecule has 0 aromatic rings. The molecule has 4 nitrogen and oxygen atoms in total. The molecule has 0 rings (SSSR count). The summed E-state index contributed by atoms with van der Waals surface area (Å²) in [6, 6.07) is 0. The van der Waals surface area contributed by atoms with E-state index in [1.807, 2.05) is 0 Å². The number of rotatable bonds is 0. The van der Waals surface area contributed by atoms with Crippen LogP contribution in [0.4, 0.5) is 0 Å². The van der Waals surface area contributed by atoms with Crippen LogP contribution in [0.1, 0.15) is 0 Å². The summed E-state index contributed by atoms with van der Waals surface area (Å²) in [4.78, 5) is 0. The molecule has 8 N–H and O–H groups in total. The van der Waals surface area contributed by atoms with Gasteiger partial charge in [0.1, 0.15) is 0 Å². The summed E-state index contributed by atoms with van der Waals surface area (Å²) in [7, 11) is 0. The first kappa shape index (κ1) is 183. The van der Waals surface area contributed by atoms with E-state index >= 15 is 0 Å². The quantitative estimate of drug-likeness (QED) is 0.396. The van der Waals surface area contributed by atoms with E-state index < -0.39 is 0 Å². The summed E-state index contributed by atoms with van der Waals surface area (Å²) < 4.78 is 0. The molecule has 63 valence electrons. The summed E-state index contributed by atoms with van der Waals surface area (Å²) in [6.45, 7) is 0. The van der Waals surface area contributed by atoms with Gasteiger partial charge in [-0.05, 0) is 0 Å². The van der Waals surface area contributed by atoms with E-state index in [2.05, 4.69) is 0 Å². The summed E-state index contributed by atoms with van der Waals surface area (Å²) in [6.07, 6.45) is 0. The maximum absolute atomic E-state index is 0. The van der Waals surface area contributed by atoms with Gasteiger partial charge in [-0.2, -0.15) is 0 Å². The van der Waals surface area contributed by atoms with E-state index in [9.17, 15) is 0 Å². The molecule has 0 aliphatic rings. The summed E-state index contributed by atoms with van der Waals surface area (Å²) in [5.74, 6) is 0. The Balaban J connectivity index is 0. The fourth-order valence-corrected chi connectivity index (χ4v) is 0. The molecule has 9 heavy (non-hydrogen) atoms. The summed E-state index contributed by atoms with van der Waals surface area (Å²) >= 11 is 0. The largest absolute Gasteiger partial charge is 0.412 e. The van der Waals surface area contributed by atoms with Gasteiger partial charge >= 0.3 is 0 Å². The van der Waals surface area contributed by atoms with Crippen LogP contribution < -0.4 is 0 Å². The van der Waals surface area contributed by atoms with Crippen molar-refractivity contribution in [3.8, 4) is 0 Å². The molecule has 1 radical (unpaired) electrons. The SMILES string of the molecule is O.O.O.O.[AlH3].[Co].[Ni].[Ti].[Zn]. The topological polar surface area (TPSA) is 126 Å². The van der Waals surface area contributed by atoms with E-state index in [1.54, 1.807) is 0 Å². The fraction of sp³-hybridized carbons (Fsp3) is 0. The molecule has 0 aromatic heterocycles. The standard InChI is InChI=1S/Al.Co.Ni.4H2O.Ti.Zn.3H/h;;;4*1H2;;;;;. The second-order valence-electron chi connectivity index (χ2n) is 0. The van der Waals surface area contributed by atoms with Gasteiger partial charge < -0.3 is 21.9 Å². The van der Waals surface area contributed by atoms with Gasteiger partial charge in [-0.1, -0.05) is 0 Å². The third-order valence-corrected chi connectivity index (χ3v) is 0. The fourth-order valence-electron chi connectivity index (χ4n) is 0. The van der Waals surface area contributed by atoms with Crippen molar-refractivity contribution in [1.82, 2.24) is 0 Å². The van der Waals surface area contributed by atoms with Crippen molar-refractivity contribution in [2.45, 2.75) is 0 Å². The molecule has 0 saturated heterocycles. The first-order valence-electron chi connectivity index (χ1n) is 0. The molecule has 9 heteroatoms. The molecular weight excluding hydrogens is 322 g/mol. The van der Waals surface area contributed by atoms with Crippen molar-refractivity contribution >= 4 is 17.4 Å². The predicted molar refractivity (Wildman–Crippen MR) is 24.4 cm³/mol. The molecule has 0 bridgehead atoms. The minimum atomic E-state index is 0. The van der Waals surface area contributed by atoms with Gasteiger partial charge in [0.25, 0.3) is 0 Å². The normalized spacial score (nSPS) is 0.